The van der Waals surface area contributed by atoms with Gasteiger partial charge in [-0.2, -0.15) is 0 Å². The molecule has 2 unspecified atom stereocenters. The molecule has 3 rings (SSSR count). The van der Waals surface area contributed by atoms with Gasteiger partial charge in [0.15, 0.2) is 23.3 Å². The number of hydrogen-bond acceptors (Lipinski definition) is 0. The Hall–Kier alpha value is -2.18. The van der Waals surface area contributed by atoms with Gasteiger partial charge in [0.25, 0.3) is 0 Å². The van der Waals surface area contributed by atoms with E-state index in [2.05, 4.69) is 0 Å². The van der Waals surface area contributed by atoms with Gasteiger partial charge < -0.3 is 8.97 Å². The summed E-state index contributed by atoms with van der Waals surface area (Å²) in [6.07, 6.45) is 10.1. The number of allylic oxidation sites excluding steroid dienone is 6. The van der Waals surface area contributed by atoms with Crippen molar-refractivity contribution < 1.29 is 26.5 Å². The second-order valence-electron chi connectivity index (χ2n) is 10.2. The zero-order valence-corrected chi connectivity index (χ0v) is 18.4. The first kappa shape index (κ1) is 22.5. The first-order valence-corrected chi connectivity index (χ1v) is 10.0. The van der Waals surface area contributed by atoms with Crippen LogP contribution < -0.4 is 0 Å². The normalized spacial score (nSPS) is 21.4. The number of benzene rings is 1. The highest BCUT2D eigenvalue weighted by molar-refractivity contribution is 5.48. The zero-order chi connectivity index (χ0) is 22.4. The van der Waals surface area contributed by atoms with Crippen molar-refractivity contribution >= 4 is 0 Å². The molecule has 1 aromatic carbocycles. The van der Waals surface area contributed by atoms with Crippen LogP contribution in [0.2, 0.25) is 0 Å². The molecule has 0 aromatic heterocycles. The van der Waals surface area contributed by atoms with Crippen LogP contribution in [0.25, 0.3) is 0 Å². The Morgan fingerprint density at radius 2 is 0.900 bits per heavy atom. The summed E-state index contributed by atoms with van der Waals surface area (Å²) in [4.78, 5) is 0. The first-order chi connectivity index (χ1) is 13.8. The number of quaternary nitrogens is 2. The van der Waals surface area contributed by atoms with Gasteiger partial charge in [0, 0.05) is 23.0 Å². The molecule has 2 atom stereocenters. The van der Waals surface area contributed by atoms with Crippen LogP contribution in [0.1, 0.15) is 23.0 Å². The van der Waals surface area contributed by atoms with Crippen LogP contribution in [0.4, 0.5) is 17.6 Å². The van der Waals surface area contributed by atoms with Gasteiger partial charge in [-0.1, -0.05) is 36.5 Å². The molecule has 0 radical (unpaired) electrons. The van der Waals surface area contributed by atoms with Gasteiger partial charge in [0.05, 0.1) is 42.3 Å². The number of nitrogens with zero attached hydrogens (tertiary/aromatic N) is 2. The molecule has 2 aliphatic carbocycles. The van der Waals surface area contributed by atoms with Crippen LogP contribution in [0.3, 0.4) is 0 Å². The molecule has 0 bridgehead atoms. The number of likely N-dealkylation sites (N-methyl/N-ethyl adjacent to an activating group) is 2. The molecule has 162 valence electrons. The van der Waals surface area contributed by atoms with E-state index in [0.717, 1.165) is 11.1 Å². The van der Waals surface area contributed by atoms with Crippen molar-refractivity contribution in [2.24, 2.45) is 0 Å². The third-order valence-corrected chi connectivity index (χ3v) is 5.29. The summed E-state index contributed by atoms with van der Waals surface area (Å²) in [5.41, 5.74) is 0.332. The molecule has 0 amide bonds. The molecule has 0 fully saturated rings. The van der Waals surface area contributed by atoms with Crippen LogP contribution >= 0.6 is 0 Å². The van der Waals surface area contributed by atoms with Crippen molar-refractivity contribution in [1.82, 2.24) is 0 Å². The Morgan fingerprint density at radius 1 is 0.600 bits per heavy atom. The average Bonchev–Trinajstić information content (AvgIpc) is 3.21. The highest BCUT2D eigenvalue weighted by atomic mass is 19.2. The van der Waals surface area contributed by atoms with Gasteiger partial charge in [-0.05, 0) is 11.1 Å². The van der Waals surface area contributed by atoms with E-state index in [1.54, 1.807) is 36.5 Å². The summed E-state index contributed by atoms with van der Waals surface area (Å²) < 4.78 is 61.8. The molecular formula is C24H30F4N2+2. The number of halogens is 4. The fraction of sp³-hybridized carbons (Fsp3) is 0.417. The maximum atomic E-state index is 15.2. The first-order valence-electron chi connectivity index (χ1n) is 10.0. The molecule has 2 aliphatic rings. The molecule has 0 saturated heterocycles. The molecule has 0 spiro atoms. The standard InChI is InChI=1S/C24H30F4N2/c1-29(2,3)13-15-9-7-11-17(15)19-21(25)23(27)20(24(28)22(19)26)18-12-8-10-16(18)14-30(4,5)6/h7-12,17-18H,13-14H2,1-6H3/q+2. The van der Waals surface area contributed by atoms with Gasteiger partial charge in [-0.25, -0.2) is 17.6 Å². The minimum absolute atomic E-state index is 0.503. The van der Waals surface area contributed by atoms with Gasteiger partial charge in [-0.15, -0.1) is 0 Å². The third kappa shape index (κ3) is 4.44. The summed E-state index contributed by atoms with van der Waals surface area (Å²) in [5.74, 6) is -6.87. The lowest BCUT2D eigenvalue weighted by atomic mass is 9.86. The molecule has 30 heavy (non-hydrogen) atoms. The van der Waals surface area contributed by atoms with Gasteiger partial charge in [0.1, 0.15) is 13.1 Å². The lowest BCUT2D eigenvalue weighted by Gasteiger charge is -2.29. The average molecular weight is 423 g/mol. The van der Waals surface area contributed by atoms with Gasteiger partial charge >= 0.3 is 0 Å². The molecule has 0 aliphatic heterocycles. The SMILES string of the molecule is C[N+](C)(C)CC1=CC=CC1c1c(F)c(F)c(C2C=CC=C2C[N+](C)(C)C)c(F)c1F. The summed E-state index contributed by atoms with van der Waals surface area (Å²) in [6.45, 7) is 1.01. The molecule has 0 saturated carbocycles. The second kappa shape index (κ2) is 7.82. The van der Waals surface area contributed by atoms with Crippen molar-refractivity contribution in [2.45, 2.75) is 11.8 Å². The predicted molar refractivity (Wildman–Crippen MR) is 112 cm³/mol. The maximum Gasteiger partial charge on any atom is 0.166 e. The Bertz CT molecular complexity index is 864. The maximum absolute atomic E-state index is 15.2. The van der Waals surface area contributed by atoms with E-state index in [9.17, 15) is 0 Å². The Morgan fingerprint density at radius 3 is 1.17 bits per heavy atom. The van der Waals surface area contributed by atoms with E-state index in [1.807, 2.05) is 42.3 Å². The van der Waals surface area contributed by atoms with Crippen LogP contribution in [0.15, 0.2) is 47.6 Å². The summed E-state index contributed by atoms with van der Waals surface area (Å²) in [5, 5.41) is 0. The van der Waals surface area contributed by atoms with E-state index in [-0.39, 0.29) is 0 Å². The fourth-order valence-electron chi connectivity index (χ4n) is 4.21. The van der Waals surface area contributed by atoms with Gasteiger partial charge in [-0.3, -0.25) is 0 Å². The minimum atomic E-state index is -1.31. The summed E-state index contributed by atoms with van der Waals surface area (Å²) in [7, 11) is 11.7. The van der Waals surface area contributed by atoms with Crippen molar-refractivity contribution in [3.63, 3.8) is 0 Å². The van der Waals surface area contributed by atoms with Crippen molar-refractivity contribution in [2.75, 3.05) is 55.4 Å². The molecule has 2 nitrogen and oxygen atoms in total. The molecule has 6 heteroatoms. The topological polar surface area (TPSA) is 0 Å². The fourth-order valence-corrected chi connectivity index (χ4v) is 4.21. The van der Waals surface area contributed by atoms with Crippen LogP contribution in [-0.4, -0.2) is 64.3 Å². The molecular weight excluding hydrogens is 392 g/mol. The Kier molecular flexibility index (Phi) is 5.87. The summed E-state index contributed by atoms with van der Waals surface area (Å²) in [6, 6.07) is 0. The highest BCUT2D eigenvalue weighted by Crippen LogP contribution is 2.41. The van der Waals surface area contributed by atoms with Crippen molar-refractivity contribution in [3.8, 4) is 0 Å². The lowest BCUT2D eigenvalue weighted by molar-refractivity contribution is -0.865. The monoisotopic (exact) mass is 422 g/mol. The minimum Gasteiger partial charge on any atom is -0.327 e. The Balaban J connectivity index is 2.06. The largest absolute Gasteiger partial charge is 0.327 e. The van der Waals surface area contributed by atoms with E-state index < -0.39 is 46.2 Å². The highest BCUT2D eigenvalue weighted by Gasteiger charge is 2.36. The molecule has 0 N–H and O–H groups in total. The van der Waals surface area contributed by atoms with Crippen molar-refractivity contribution in [3.05, 3.63) is 82.0 Å². The zero-order valence-electron chi connectivity index (χ0n) is 18.4. The Labute approximate surface area is 176 Å². The van der Waals surface area contributed by atoms with Gasteiger partial charge in [0.2, 0.25) is 0 Å². The second-order valence-corrected chi connectivity index (χ2v) is 10.2. The van der Waals surface area contributed by atoms with E-state index in [1.165, 1.54) is 0 Å². The number of rotatable bonds is 6. The lowest BCUT2D eigenvalue weighted by Crippen LogP contribution is -2.37. The quantitative estimate of drug-likeness (QED) is 0.351. The van der Waals surface area contributed by atoms with Crippen LogP contribution in [0, 0.1) is 23.3 Å². The van der Waals surface area contributed by atoms with Crippen LogP contribution in [-0.2, 0) is 0 Å². The molecule has 0 heterocycles. The van der Waals surface area contributed by atoms with E-state index in [0.29, 0.717) is 22.1 Å². The summed E-state index contributed by atoms with van der Waals surface area (Å²) >= 11 is 0. The predicted octanol–water partition coefficient (Wildman–Crippen LogP) is 4.82. The number of hydrogen-bond donors (Lipinski definition) is 0. The molecule has 1 aromatic rings. The van der Waals surface area contributed by atoms with Crippen molar-refractivity contribution in [1.29, 1.82) is 0 Å². The van der Waals surface area contributed by atoms with E-state index in [4.69, 9.17) is 0 Å². The third-order valence-electron chi connectivity index (χ3n) is 5.29. The smallest absolute Gasteiger partial charge is 0.166 e. The van der Waals surface area contributed by atoms with Crippen LogP contribution in [0.5, 0.6) is 0 Å². The van der Waals surface area contributed by atoms with E-state index >= 15 is 17.6 Å².